The van der Waals surface area contributed by atoms with Gasteiger partial charge in [0.15, 0.2) is 11.5 Å². The molecule has 1 saturated heterocycles. The van der Waals surface area contributed by atoms with Crippen molar-refractivity contribution in [1.82, 2.24) is 39.6 Å². The lowest BCUT2D eigenvalue weighted by molar-refractivity contribution is -0.133. The Morgan fingerprint density at radius 1 is 1.25 bits per heavy atom. The molecule has 0 spiro atoms. The maximum Gasteiger partial charge on any atom is 0.219 e. The van der Waals surface area contributed by atoms with E-state index in [4.69, 9.17) is 5.26 Å². The molecule has 1 aliphatic heterocycles. The van der Waals surface area contributed by atoms with Gasteiger partial charge in [-0.15, -0.1) is 5.10 Å². The standard InChI is InChI=1S/C24H26N10O2/c1-14(2)29-19-7-23(34-24-17(10-28-34)6-16(8-25)9-27-24)26-11-18(19)20-12-33(31-30-20)21-4-5-32(15(3)35)13-22(21)36/h6-7,9-12,14,21-22,36H,4-5,13H2,1-3H3,(H,26,29)/t21-,22+/m0/s1. The van der Waals surface area contributed by atoms with Gasteiger partial charge in [0.05, 0.1) is 30.1 Å². The van der Waals surface area contributed by atoms with Crippen LogP contribution in [0, 0.1) is 11.3 Å². The molecule has 0 bridgehead atoms. The minimum Gasteiger partial charge on any atom is -0.389 e. The number of rotatable bonds is 5. The largest absolute Gasteiger partial charge is 0.389 e. The van der Waals surface area contributed by atoms with Crippen LogP contribution in [0.5, 0.6) is 0 Å². The minimum absolute atomic E-state index is 0.0481. The van der Waals surface area contributed by atoms with Crippen molar-refractivity contribution < 1.29 is 9.90 Å². The van der Waals surface area contributed by atoms with Crippen LogP contribution in [0.3, 0.4) is 0 Å². The molecule has 184 valence electrons. The van der Waals surface area contributed by atoms with E-state index in [1.54, 1.807) is 38.9 Å². The number of nitrogens with one attached hydrogen (secondary N) is 1. The zero-order chi connectivity index (χ0) is 25.4. The quantitative estimate of drug-likeness (QED) is 0.431. The molecule has 1 fully saturated rings. The van der Waals surface area contributed by atoms with Crippen molar-refractivity contribution in [2.24, 2.45) is 0 Å². The first-order valence-corrected chi connectivity index (χ1v) is 11.7. The van der Waals surface area contributed by atoms with E-state index in [1.165, 1.54) is 13.1 Å². The number of hydrogen-bond donors (Lipinski definition) is 2. The molecule has 0 radical (unpaired) electrons. The molecule has 2 N–H and O–H groups in total. The number of piperidine rings is 1. The van der Waals surface area contributed by atoms with Crippen LogP contribution in [0.1, 0.15) is 38.8 Å². The fourth-order valence-corrected chi connectivity index (χ4v) is 4.42. The number of likely N-dealkylation sites (tertiary alicyclic amines) is 1. The van der Waals surface area contributed by atoms with Crippen molar-refractivity contribution in [3.63, 3.8) is 0 Å². The minimum atomic E-state index is -0.729. The van der Waals surface area contributed by atoms with Gasteiger partial charge < -0.3 is 15.3 Å². The molecular formula is C24H26N10O2. The number of amides is 1. The van der Waals surface area contributed by atoms with Crippen LogP contribution in [0.25, 0.3) is 28.1 Å². The summed E-state index contributed by atoms with van der Waals surface area (Å²) in [5.41, 5.74) is 3.23. The second-order valence-electron chi connectivity index (χ2n) is 9.16. The van der Waals surface area contributed by atoms with Gasteiger partial charge in [0.1, 0.15) is 11.8 Å². The normalized spacial score (nSPS) is 17.9. The van der Waals surface area contributed by atoms with Gasteiger partial charge in [-0.05, 0) is 26.3 Å². The monoisotopic (exact) mass is 486 g/mol. The molecule has 36 heavy (non-hydrogen) atoms. The summed E-state index contributed by atoms with van der Waals surface area (Å²) in [6, 6.07) is 5.57. The first-order chi connectivity index (χ1) is 17.3. The molecule has 1 amide bonds. The molecule has 12 heteroatoms. The fourth-order valence-electron chi connectivity index (χ4n) is 4.42. The Balaban J connectivity index is 1.47. The Morgan fingerprint density at radius 3 is 2.81 bits per heavy atom. The second-order valence-corrected chi connectivity index (χ2v) is 9.16. The van der Waals surface area contributed by atoms with Gasteiger partial charge in [-0.3, -0.25) is 4.79 Å². The zero-order valence-corrected chi connectivity index (χ0v) is 20.2. The zero-order valence-electron chi connectivity index (χ0n) is 20.2. The number of pyridine rings is 2. The highest BCUT2D eigenvalue weighted by Crippen LogP contribution is 2.30. The molecule has 4 aromatic rings. The van der Waals surface area contributed by atoms with E-state index >= 15 is 0 Å². The highest BCUT2D eigenvalue weighted by Gasteiger charge is 2.31. The number of carbonyl (C=O) groups is 1. The molecule has 0 unspecified atom stereocenters. The number of nitrogens with zero attached hydrogens (tertiary/aromatic N) is 9. The van der Waals surface area contributed by atoms with Crippen LogP contribution in [-0.2, 0) is 4.79 Å². The Kier molecular flexibility index (Phi) is 6.07. The Hall–Kier alpha value is -4.37. The Morgan fingerprint density at radius 2 is 2.08 bits per heavy atom. The van der Waals surface area contributed by atoms with E-state index in [9.17, 15) is 9.90 Å². The van der Waals surface area contributed by atoms with Gasteiger partial charge in [0.2, 0.25) is 5.91 Å². The third-order valence-corrected chi connectivity index (χ3v) is 6.21. The number of nitriles is 1. The van der Waals surface area contributed by atoms with Crippen LogP contribution in [0.2, 0.25) is 0 Å². The van der Waals surface area contributed by atoms with Crippen molar-refractivity contribution in [3.8, 4) is 23.1 Å². The van der Waals surface area contributed by atoms with E-state index in [-0.39, 0.29) is 24.5 Å². The molecule has 0 aliphatic carbocycles. The van der Waals surface area contributed by atoms with Crippen LogP contribution in [-0.4, -0.2) is 75.9 Å². The van der Waals surface area contributed by atoms with E-state index < -0.39 is 6.10 Å². The Bertz CT molecular complexity index is 1470. The molecule has 4 aromatic heterocycles. The molecule has 0 aromatic carbocycles. The first-order valence-electron chi connectivity index (χ1n) is 11.7. The van der Waals surface area contributed by atoms with E-state index in [2.05, 4.69) is 36.8 Å². The Labute approximate surface area is 207 Å². The average molecular weight is 487 g/mol. The van der Waals surface area contributed by atoms with Gasteiger partial charge >= 0.3 is 0 Å². The van der Waals surface area contributed by atoms with Crippen LogP contribution < -0.4 is 5.32 Å². The lowest BCUT2D eigenvalue weighted by Gasteiger charge is -2.35. The predicted molar refractivity (Wildman–Crippen MR) is 131 cm³/mol. The lowest BCUT2D eigenvalue weighted by Crippen LogP contribution is -2.46. The summed E-state index contributed by atoms with van der Waals surface area (Å²) < 4.78 is 3.30. The topological polar surface area (TPSA) is 151 Å². The predicted octanol–water partition coefficient (Wildman–Crippen LogP) is 1.92. The highest BCUT2D eigenvalue weighted by molar-refractivity contribution is 5.79. The third kappa shape index (κ3) is 4.36. The summed E-state index contributed by atoms with van der Waals surface area (Å²) in [4.78, 5) is 22.3. The molecule has 0 saturated carbocycles. The summed E-state index contributed by atoms with van der Waals surface area (Å²) in [5.74, 6) is 0.515. The molecule has 1 aliphatic rings. The molecule has 2 atom stereocenters. The van der Waals surface area contributed by atoms with Crippen LogP contribution >= 0.6 is 0 Å². The lowest BCUT2D eigenvalue weighted by atomic mass is 10.0. The van der Waals surface area contributed by atoms with E-state index in [0.29, 0.717) is 35.7 Å². The number of β-amino-alcohol motifs (C(OH)–C–C–N with tert-alkyl or cyclic N) is 1. The van der Waals surface area contributed by atoms with Crippen LogP contribution in [0.4, 0.5) is 5.69 Å². The summed E-state index contributed by atoms with van der Waals surface area (Å²) in [6.45, 7) is 6.41. The first kappa shape index (κ1) is 23.4. The summed E-state index contributed by atoms with van der Waals surface area (Å²) in [7, 11) is 0. The number of anilines is 1. The second kappa shape index (κ2) is 9.35. The van der Waals surface area contributed by atoms with Gasteiger partial charge in [0.25, 0.3) is 0 Å². The fraction of sp³-hybridized carbons (Fsp3) is 0.375. The van der Waals surface area contributed by atoms with Crippen molar-refractivity contribution in [3.05, 3.63) is 42.5 Å². The molecule has 5 heterocycles. The number of fused-ring (bicyclic) bond motifs is 1. The summed E-state index contributed by atoms with van der Waals surface area (Å²) in [5, 5.41) is 37.0. The molecular weight excluding hydrogens is 460 g/mol. The van der Waals surface area contributed by atoms with Crippen molar-refractivity contribution in [1.29, 1.82) is 5.26 Å². The van der Waals surface area contributed by atoms with Gasteiger partial charge in [0, 0.05) is 61.2 Å². The SMILES string of the molecule is CC(=O)N1CC[C@H](n2cc(-c3cnc(-n4ncc5cc(C#N)cnc54)cc3NC(C)C)nn2)[C@H](O)C1. The maximum atomic E-state index is 11.7. The third-order valence-electron chi connectivity index (χ3n) is 6.21. The van der Waals surface area contributed by atoms with Crippen molar-refractivity contribution in [2.45, 2.75) is 45.4 Å². The van der Waals surface area contributed by atoms with E-state index in [1.807, 2.05) is 19.9 Å². The summed E-state index contributed by atoms with van der Waals surface area (Å²) >= 11 is 0. The number of aromatic nitrogens is 7. The smallest absolute Gasteiger partial charge is 0.219 e. The molecule has 12 nitrogen and oxygen atoms in total. The van der Waals surface area contributed by atoms with Crippen LogP contribution in [0.15, 0.2) is 36.9 Å². The van der Waals surface area contributed by atoms with Gasteiger partial charge in [-0.25, -0.2) is 14.6 Å². The maximum absolute atomic E-state index is 11.7. The van der Waals surface area contributed by atoms with Crippen molar-refractivity contribution >= 4 is 22.6 Å². The number of hydrogen-bond acceptors (Lipinski definition) is 9. The van der Waals surface area contributed by atoms with Crippen molar-refractivity contribution in [2.75, 3.05) is 18.4 Å². The number of aliphatic hydroxyl groups excluding tert-OH is 1. The number of aliphatic hydroxyl groups is 1. The van der Waals surface area contributed by atoms with Gasteiger partial charge in [-0.2, -0.15) is 15.0 Å². The summed E-state index contributed by atoms with van der Waals surface area (Å²) in [6.07, 6.45) is 6.53. The highest BCUT2D eigenvalue weighted by atomic mass is 16.3. The molecule has 5 rings (SSSR count). The number of carbonyl (C=O) groups excluding carboxylic acids is 1. The average Bonchev–Trinajstić information content (AvgIpc) is 3.50. The van der Waals surface area contributed by atoms with E-state index in [0.717, 1.165) is 16.6 Å². The van der Waals surface area contributed by atoms with Gasteiger partial charge in [-0.1, -0.05) is 5.21 Å².